The summed E-state index contributed by atoms with van der Waals surface area (Å²) in [5.41, 5.74) is 0. The number of nitrogens with one attached hydrogen (secondary N) is 1. The van der Waals surface area contributed by atoms with Gasteiger partial charge >= 0.3 is 0 Å². The fourth-order valence-corrected chi connectivity index (χ4v) is 1.29. The summed E-state index contributed by atoms with van der Waals surface area (Å²) in [7, 11) is 0. The lowest BCUT2D eigenvalue weighted by atomic mass is 10.6. The molecule has 1 atom stereocenters. The summed E-state index contributed by atoms with van der Waals surface area (Å²) in [6.07, 6.45) is -0.751. The highest BCUT2D eigenvalue weighted by Crippen LogP contribution is 2.06. The minimum absolute atomic E-state index is 0.625. The van der Waals surface area contributed by atoms with E-state index in [-0.39, 0.29) is 0 Å². The highest BCUT2D eigenvalue weighted by atomic mass is 32.2. The molecule has 1 fully saturated rings. The molecule has 0 saturated carbocycles. The van der Waals surface area contributed by atoms with Crippen LogP contribution in [0, 0.1) is 0 Å². The Morgan fingerprint density at radius 3 is 2.86 bits per heavy atom. The van der Waals surface area contributed by atoms with Gasteiger partial charge in [-0.15, -0.1) is 0 Å². The molecule has 1 aliphatic rings. The van der Waals surface area contributed by atoms with E-state index in [1.807, 2.05) is 0 Å². The second kappa shape index (κ2) is 2.52. The Balaban J connectivity index is 2.12. The lowest BCUT2D eigenvalue weighted by Crippen LogP contribution is -2.33. The number of rotatable bonds is 0. The van der Waals surface area contributed by atoms with E-state index in [2.05, 4.69) is 5.32 Å². The molecular weight excluding hydrogens is 113 g/mol. The zero-order valence-corrected chi connectivity index (χ0v) is 4.80. The summed E-state index contributed by atoms with van der Waals surface area (Å²) in [6.45, 7) is 0.825. The molecule has 0 aromatic carbocycles. The van der Waals surface area contributed by atoms with Crippen molar-refractivity contribution < 1.29 is 4.39 Å². The van der Waals surface area contributed by atoms with Crippen molar-refractivity contribution in [2.24, 2.45) is 0 Å². The average molecular weight is 121 g/mol. The first-order valence-corrected chi connectivity index (χ1v) is 3.50. The number of halogens is 1. The Labute approximate surface area is 46.7 Å². The smallest absolute Gasteiger partial charge is 0.160 e. The van der Waals surface area contributed by atoms with Gasteiger partial charge < -0.3 is 0 Å². The predicted octanol–water partition coefficient (Wildman–Crippen LogP) is 0.618. The van der Waals surface area contributed by atoms with Crippen LogP contribution in [0.2, 0.25) is 0 Å². The Morgan fingerprint density at radius 1 is 1.71 bits per heavy atom. The summed E-state index contributed by atoms with van der Waals surface area (Å²) >= 11 is 1.67. The molecule has 1 nitrogen and oxygen atoms in total. The Hall–Kier alpha value is 0.240. The van der Waals surface area contributed by atoms with Gasteiger partial charge in [-0.05, 0) is 0 Å². The van der Waals surface area contributed by atoms with Crippen molar-refractivity contribution in [3.63, 3.8) is 0 Å². The number of hydrogen-bond acceptors (Lipinski definition) is 2. The summed E-state index contributed by atoms with van der Waals surface area (Å²) in [4.78, 5) is 0. The van der Waals surface area contributed by atoms with Crippen LogP contribution < -0.4 is 5.32 Å². The molecule has 1 saturated heterocycles. The third-order valence-electron chi connectivity index (χ3n) is 0.876. The van der Waals surface area contributed by atoms with E-state index in [1.54, 1.807) is 11.8 Å². The molecule has 0 radical (unpaired) electrons. The molecule has 7 heavy (non-hydrogen) atoms. The van der Waals surface area contributed by atoms with E-state index < -0.39 is 6.30 Å². The molecule has 0 bridgehead atoms. The Bertz CT molecular complexity index is 53.7. The lowest BCUT2D eigenvalue weighted by Gasteiger charge is -2.14. The van der Waals surface area contributed by atoms with Gasteiger partial charge in [0.25, 0.3) is 0 Å². The molecule has 0 aliphatic carbocycles. The second-order valence-electron chi connectivity index (χ2n) is 1.50. The molecular formula is C4H8FNS. The maximum absolute atomic E-state index is 12.1. The Kier molecular flexibility index (Phi) is 1.94. The van der Waals surface area contributed by atoms with E-state index in [4.69, 9.17) is 0 Å². The Morgan fingerprint density at radius 2 is 2.57 bits per heavy atom. The third kappa shape index (κ3) is 1.65. The molecule has 42 valence electrons. The van der Waals surface area contributed by atoms with Crippen LogP contribution in [0.1, 0.15) is 0 Å². The van der Waals surface area contributed by atoms with Gasteiger partial charge in [0.1, 0.15) is 0 Å². The first-order chi connectivity index (χ1) is 3.39. The van der Waals surface area contributed by atoms with E-state index in [1.165, 1.54) is 0 Å². The minimum Gasteiger partial charge on any atom is -0.286 e. The van der Waals surface area contributed by atoms with Crippen molar-refractivity contribution in [1.82, 2.24) is 5.32 Å². The van der Waals surface area contributed by atoms with Crippen LogP contribution >= 0.6 is 11.8 Å². The fourth-order valence-electron chi connectivity index (χ4n) is 0.533. The monoisotopic (exact) mass is 121 g/mol. The van der Waals surface area contributed by atoms with Crippen molar-refractivity contribution in [3.8, 4) is 0 Å². The molecule has 0 aromatic rings. The normalized spacial score (nSPS) is 33.0. The third-order valence-corrected chi connectivity index (χ3v) is 1.90. The van der Waals surface area contributed by atoms with Crippen molar-refractivity contribution >= 4 is 11.8 Å². The van der Waals surface area contributed by atoms with Gasteiger partial charge in [0.15, 0.2) is 6.30 Å². The molecule has 1 rings (SSSR count). The number of hydrogen-bond donors (Lipinski definition) is 1. The fraction of sp³-hybridized carbons (Fsp3) is 1.00. The lowest BCUT2D eigenvalue weighted by molar-refractivity contribution is 0.305. The number of alkyl halides is 1. The summed E-state index contributed by atoms with van der Waals surface area (Å²) < 4.78 is 12.1. The van der Waals surface area contributed by atoms with Crippen LogP contribution in [-0.2, 0) is 0 Å². The minimum atomic E-state index is -0.751. The maximum atomic E-state index is 12.1. The standard InChI is InChI=1S/C4H8FNS/c5-4-3-7-2-1-6-4/h4,6H,1-3H2. The SMILES string of the molecule is FC1CSCCN1. The van der Waals surface area contributed by atoms with Gasteiger partial charge in [-0.3, -0.25) is 5.32 Å². The number of thioether (sulfide) groups is 1. The van der Waals surface area contributed by atoms with Crippen LogP contribution in [0.25, 0.3) is 0 Å². The van der Waals surface area contributed by atoms with Crippen molar-refractivity contribution in [3.05, 3.63) is 0 Å². The molecule has 1 aliphatic heterocycles. The van der Waals surface area contributed by atoms with Gasteiger partial charge in [-0.2, -0.15) is 11.8 Å². The molecule has 3 heteroatoms. The molecule has 0 spiro atoms. The molecule has 0 aromatic heterocycles. The van der Waals surface area contributed by atoms with Crippen LogP contribution in [0.4, 0.5) is 4.39 Å². The first-order valence-electron chi connectivity index (χ1n) is 2.35. The predicted molar refractivity (Wildman–Crippen MR) is 30.2 cm³/mol. The van der Waals surface area contributed by atoms with Gasteiger partial charge in [-0.1, -0.05) is 0 Å². The molecule has 0 amide bonds. The van der Waals surface area contributed by atoms with E-state index in [0.717, 1.165) is 12.3 Å². The molecule has 1 unspecified atom stereocenters. The molecule has 1 heterocycles. The maximum Gasteiger partial charge on any atom is 0.160 e. The zero-order chi connectivity index (χ0) is 5.11. The van der Waals surface area contributed by atoms with Crippen LogP contribution in [0.5, 0.6) is 0 Å². The quantitative estimate of drug-likeness (QED) is 0.471. The van der Waals surface area contributed by atoms with Gasteiger partial charge in [0, 0.05) is 18.1 Å². The largest absolute Gasteiger partial charge is 0.286 e. The summed E-state index contributed by atoms with van der Waals surface area (Å²) in [5, 5.41) is 2.69. The molecule has 1 N–H and O–H groups in total. The first kappa shape index (κ1) is 5.38. The van der Waals surface area contributed by atoms with Gasteiger partial charge in [0.05, 0.1) is 0 Å². The van der Waals surface area contributed by atoms with E-state index in [0.29, 0.717) is 5.75 Å². The highest BCUT2D eigenvalue weighted by molar-refractivity contribution is 7.99. The summed E-state index contributed by atoms with van der Waals surface area (Å²) in [5.74, 6) is 1.68. The van der Waals surface area contributed by atoms with Crippen molar-refractivity contribution in [2.45, 2.75) is 6.30 Å². The highest BCUT2D eigenvalue weighted by Gasteiger charge is 2.08. The second-order valence-corrected chi connectivity index (χ2v) is 2.65. The van der Waals surface area contributed by atoms with Crippen LogP contribution in [-0.4, -0.2) is 24.3 Å². The average Bonchev–Trinajstić information content (AvgIpc) is 1.69. The van der Waals surface area contributed by atoms with E-state index >= 15 is 0 Å². The van der Waals surface area contributed by atoms with Gasteiger partial charge in [0.2, 0.25) is 0 Å². The van der Waals surface area contributed by atoms with E-state index in [9.17, 15) is 4.39 Å². The zero-order valence-electron chi connectivity index (χ0n) is 3.98. The van der Waals surface area contributed by atoms with Crippen molar-refractivity contribution in [1.29, 1.82) is 0 Å². The van der Waals surface area contributed by atoms with Crippen molar-refractivity contribution in [2.75, 3.05) is 18.1 Å². The van der Waals surface area contributed by atoms with Crippen LogP contribution in [0.15, 0.2) is 0 Å². The summed E-state index contributed by atoms with van der Waals surface area (Å²) in [6, 6.07) is 0. The van der Waals surface area contributed by atoms with Gasteiger partial charge in [-0.25, -0.2) is 4.39 Å². The topological polar surface area (TPSA) is 12.0 Å². The van der Waals surface area contributed by atoms with Crippen LogP contribution in [0.3, 0.4) is 0 Å².